The van der Waals surface area contributed by atoms with Gasteiger partial charge in [-0.05, 0) is 44.0 Å². The van der Waals surface area contributed by atoms with E-state index >= 15 is 0 Å². The molecule has 0 aromatic heterocycles. The van der Waals surface area contributed by atoms with Gasteiger partial charge < -0.3 is 10.1 Å². The Kier molecular flexibility index (Phi) is 5.16. The summed E-state index contributed by atoms with van der Waals surface area (Å²) in [5.41, 5.74) is 1.72. The van der Waals surface area contributed by atoms with Gasteiger partial charge >= 0.3 is 0 Å². The lowest BCUT2D eigenvalue weighted by Crippen LogP contribution is -2.31. The van der Waals surface area contributed by atoms with Crippen LogP contribution in [0.15, 0.2) is 18.2 Å². The molecule has 0 heterocycles. The molecule has 0 saturated heterocycles. The van der Waals surface area contributed by atoms with Gasteiger partial charge in [-0.1, -0.05) is 6.92 Å². The Hall–Kier alpha value is -1.35. The van der Waals surface area contributed by atoms with Gasteiger partial charge in [-0.25, -0.2) is 0 Å². The van der Waals surface area contributed by atoms with Gasteiger partial charge in [0.25, 0.3) is 0 Å². The largest absolute Gasteiger partial charge is 0.497 e. The fourth-order valence-electron chi connectivity index (χ4n) is 1.58. The van der Waals surface area contributed by atoms with E-state index in [0.717, 1.165) is 23.3 Å². The molecule has 94 valence electrons. The van der Waals surface area contributed by atoms with Crippen LogP contribution < -0.4 is 10.1 Å². The van der Waals surface area contributed by atoms with Gasteiger partial charge in [0.2, 0.25) is 0 Å². The minimum Gasteiger partial charge on any atom is -0.497 e. The Bertz CT molecular complexity index is 388. The third kappa shape index (κ3) is 3.86. The third-order valence-electron chi connectivity index (χ3n) is 2.96. The van der Waals surface area contributed by atoms with Crippen molar-refractivity contribution in [2.75, 3.05) is 13.7 Å². The zero-order valence-electron chi connectivity index (χ0n) is 11.0. The Morgan fingerprint density at radius 3 is 2.71 bits per heavy atom. The average Bonchev–Trinajstić information content (AvgIpc) is 2.35. The van der Waals surface area contributed by atoms with Crippen molar-refractivity contribution < 1.29 is 9.53 Å². The standard InChI is InChI=1S/C14H21NO2/c1-5-11(3)15-9-14(16)13-7-6-12(17-4)8-10(13)2/h6-8,11,15H,5,9H2,1-4H3. The fraction of sp³-hybridized carbons (Fsp3) is 0.500. The molecular weight excluding hydrogens is 214 g/mol. The lowest BCUT2D eigenvalue weighted by molar-refractivity contribution is 0.0987. The number of hydrogen-bond acceptors (Lipinski definition) is 3. The van der Waals surface area contributed by atoms with E-state index in [9.17, 15) is 4.79 Å². The zero-order valence-corrected chi connectivity index (χ0v) is 11.0. The fourth-order valence-corrected chi connectivity index (χ4v) is 1.58. The predicted molar refractivity (Wildman–Crippen MR) is 69.8 cm³/mol. The van der Waals surface area contributed by atoms with Crippen LogP contribution in [-0.2, 0) is 0 Å². The van der Waals surface area contributed by atoms with Crippen molar-refractivity contribution in [3.8, 4) is 5.75 Å². The van der Waals surface area contributed by atoms with Crippen LogP contribution in [0.4, 0.5) is 0 Å². The van der Waals surface area contributed by atoms with E-state index in [1.165, 1.54) is 0 Å². The van der Waals surface area contributed by atoms with Crippen LogP contribution in [0.5, 0.6) is 5.75 Å². The number of ether oxygens (including phenoxy) is 1. The molecule has 1 aromatic carbocycles. The van der Waals surface area contributed by atoms with Crippen molar-refractivity contribution in [3.63, 3.8) is 0 Å². The highest BCUT2D eigenvalue weighted by molar-refractivity contribution is 5.99. The number of hydrogen-bond donors (Lipinski definition) is 1. The van der Waals surface area contributed by atoms with Crippen molar-refractivity contribution in [2.24, 2.45) is 0 Å². The maximum absolute atomic E-state index is 12.0. The van der Waals surface area contributed by atoms with Crippen LogP contribution in [0.2, 0.25) is 0 Å². The number of methoxy groups -OCH3 is 1. The van der Waals surface area contributed by atoms with Gasteiger partial charge in [-0.15, -0.1) is 0 Å². The molecule has 1 atom stereocenters. The second-order valence-electron chi connectivity index (χ2n) is 4.29. The Balaban J connectivity index is 2.69. The average molecular weight is 235 g/mol. The van der Waals surface area contributed by atoms with Crippen LogP contribution in [0.1, 0.15) is 36.2 Å². The van der Waals surface area contributed by atoms with Crippen LogP contribution in [0.3, 0.4) is 0 Å². The monoisotopic (exact) mass is 235 g/mol. The number of benzene rings is 1. The SMILES string of the molecule is CCC(C)NCC(=O)c1ccc(OC)cc1C. The van der Waals surface area contributed by atoms with E-state index in [1.54, 1.807) is 7.11 Å². The minimum atomic E-state index is 0.130. The van der Waals surface area contributed by atoms with E-state index in [-0.39, 0.29) is 5.78 Å². The molecule has 17 heavy (non-hydrogen) atoms. The molecule has 0 spiro atoms. The molecule has 0 amide bonds. The van der Waals surface area contributed by atoms with Gasteiger partial charge in [0, 0.05) is 11.6 Å². The van der Waals surface area contributed by atoms with Crippen molar-refractivity contribution in [3.05, 3.63) is 29.3 Å². The summed E-state index contributed by atoms with van der Waals surface area (Å²) >= 11 is 0. The van der Waals surface area contributed by atoms with E-state index in [0.29, 0.717) is 12.6 Å². The molecule has 0 saturated carbocycles. The van der Waals surface area contributed by atoms with Crippen molar-refractivity contribution in [1.82, 2.24) is 5.32 Å². The number of carbonyl (C=O) groups excluding carboxylic acids is 1. The molecule has 0 aliphatic heterocycles. The summed E-state index contributed by atoms with van der Waals surface area (Å²) < 4.78 is 5.12. The topological polar surface area (TPSA) is 38.3 Å². The molecule has 0 radical (unpaired) electrons. The second-order valence-corrected chi connectivity index (χ2v) is 4.29. The number of rotatable bonds is 6. The van der Waals surface area contributed by atoms with Crippen LogP contribution in [0, 0.1) is 6.92 Å². The van der Waals surface area contributed by atoms with Crippen LogP contribution in [0.25, 0.3) is 0 Å². The van der Waals surface area contributed by atoms with Gasteiger partial charge in [-0.3, -0.25) is 4.79 Å². The summed E-state index contributed by atoms with van der Waals surface area (Å²) in [6.45, 7) is 6.50. The van der Waals surface area contributed by atoms with Crippen molar-refractivity contribution in [2.45, 2.75) is 33.2 Å². The summed E-state index contributed by atoms with van der Waals surface area (Å²) in [6, 6.07) is 5.91. The normalized spacial score (nSPS) is 12.2. The molecule has 0 aliphatic rings. The highest BCUT2D eigenvalue weighted by Gasteiger charge is 2.10. The molecule has 1 aromatic rings. The van der Waals surface area contributed by atoms with Gasteiger partial charge in [0.15, 0.2) is 5.78 Å². The van der Waals surface area contributed by atoms with E-state index < -0.39 is 0 Å². The lowest BCUT2D eigenvalue weighted by atomic mass is 10.0. The first kappa shape index (κ1) is 13.7. The number of Topliss-reactive ketones (excluding diaryl/α,β-unsaturated/α-hetero) is 1. The van der Waals surface area contributed by atoms with Gasteiger partial charge in [0.1, 0.15) is 5.75 Å². The van der Waals surface area contributed by atoms with E-state index in [4.69, 9.17) is 4.74 Å². The number of ketones is 1. The number of aryl methyl sites for hydroxylation is 1. The van der Waals surface area contributed by atoms with Gasteiger partial charge in [-0.2, -0.15) is 0 Å². The maximum atomic E-state index is 12.0. The number of carbonyl (C=O) groups is 1. The quantitative estimate of drug-likeness (QED) is 0.770. The first-order chi connectivity index (χ1) is 8.08. The summed E-state index contributed by atoms with van der Waals surface area (Å²) in [5.74, 6) is 0.916. The molecule has 3 heteroatoms. The summed E-state index contributed by atoms with van der Waals surface area (Å²) in [4.78, 5) is 12.0. The first-order valence-electron chi connectivity index (χ1n) is 5.99. The van der Waals surface area contributed by atoms with Crippen LogP contribution >= 0.6 is 0 Å². The first-order valence-corrected chi connectivity index (χ1v) is 5.99. The minimum absolute atomic E-state index is 0.130. The molecule has 0 fully saturated rings. The number of nitrogens with one attached hydrogen (secondary N) is 1. The smallest absolute Gasteiger partial charge is 0.176 e. The highest BCUT2D eigenvalue weighted by Crippen LogP contribution is 2.17. The third-order valence-corrected chi connectivity index (χ3v) is 2.96. The summed E-state index contributed by atoms with van der Waals surface area (Å²) in [7, 11) is 1.63. The molecule has 0 aliphatic carbocycles. The zero-order chi connectivity index (χ0) is 12.8. The maximum Gasteiger partial charge on any atom is 0.176 e. The van der Waals surface area contributed by atoms with Crippen molar-refractivity contribution in [1.29, 1.82) is 0 Å². The second kappa shape index (κ2) is 6.40. The molecule has 1 N–H and O–H groups in total. The Morgan fingerprint density at radius 1 is 1.47 bits per heavy atom. The molecule has 0 bridgehead atoms. The summed E-state index contributed by atoms with van der Waals surface area (Å²) in [5, 5.41) is 3.21. The predicted octanol–water partition coefficient (Wildman–Crippen LogP) is 2.57. The van der Waals surface area contributed by atoms with E-state index in [2.05, 4.69) is 19.2 Å². The summed E-state index contributed by atoms with van der Waals surface area (Å²) in [6.07, 6.45) is 1.02. The molecular formula is C14H21NO2. The lowest BCUT2D eigenvalue weighted by Gasteiger charge is -2.12. The van der Waals surface area contributed by atoms with Gasteiger partial charge in [0.05, 0.1) is 13.7 Å². The molecule has 1 rings (SSSR count). The molecule has 3 nitrogen and oxygen atoms in total. The Morgan fingerprint density at radius 2 is 2.18 bits per heavy atom. The molecule has 1 unspecified atom stereocenters. The highest BCUT2D eigenvalue weighted by atomic mass is 16.5. The Labute approximate surface area is 103 Å². The van der Waals surface area contributed by atoms with Crippen LogP contribution in [-0.4, -0.2) is 25.5 Å². The van der Waals surface area contributed by atoms with E-state index in [1.807, 2.05) is 25.1 Å². The van der Waals surface area contributed by atoms with Crippen molar-refractivity contribution >= 4 is 5.78 Å².